The molecule has 2 atom stereocenters. The van der Waals surface area contributed by atoms with Gasteiger partial charge in [-0.2, -0.15) is 0 Å². The number of amides is 1. The predicted octanol–water partition coefficient (Wildman–Crippen LogP) is 3.06. The molecule has 134 valence electrons. The quantitative estimate of drug-likeness (QED) is 0.774. The minimum Gasteiger partial charge on any atom is -0.386 e. The van der Waals surface area contributed by atoms with Crippen molar-refractivity contribution in [3.63, 3.8) is 0 Å². The Morgan fingerprint density at radius 1 is 1.08 bits per heavy atom. The maximum absolute atomic E-state index is 13.7. The Kier molecular flexibility index (Phi) is 7.10. The van der Waals surface area contributed by atoms with E-state index in [2.05, 4.69) is 5.32 Å². The zero-order valence-corrected chi connectivity index (χ0v) is 14.7. The van der Waals surface area contributed by atoms with E-state index in [1.165, 1.54) is 12.1 Å². The number of benzene rings is 2. The van der Waals surface area contributed by atoms with Crippen LogP contribution in [0.4, 0.5) is 4.39 Å². The Balaban J connectivity index is 2.11. The summed E-state index contributed by atoms with van der Waals surface area (Å²) in [5.74, 6) is -0.683. The number of aliphatic hydroxyl groups excluding tert-OH is 1. The van der Waals surface area contributed by atoms with Gasteiger partial charge in [-0.1, -0.05) is 62.4 Å². The molecular weight excluding hydrogens is 319 g/mol. The summed E-state index contributed by atoms with van der Waals surface area (Å²) in [7, 11) is 0. The first-order chi connectivity index (χ1) is 12.1. The van der Waals surface area contributed by atoms with Gasteiger partial charge in [0.15, 0.2) is 0 Å². The van der Waals surface area contributed by atoms with Crippen molar-refractivity contribution in [2.24, 2.45) is 0 Å². The summed E-state index contributed by atoms with van der Waals surface area (Å²) in [4.78, 5) is 14.8. The molecule has 25 heavy (non-hydrogen) atoms. The summed E-state index contributed by atoms with van der Waals surface area (Å²) in [6.45, 7) is 5.41. The summed E-state index contributed by atoms with van der Waals surface area (Å²) in [6.07, 6.45) is -1.08. The minimum atomic E-state index is -1.08. The van der Waals surface area contributed by atoms with Crippen molar-refractivity contribution >= 4 is 5.91 Å². The van der Waals surface area contributed by atoms with Gasteiger partial charge in [0, 0.05) is 12.1 Å². The average Bonchev–Trinajstić information content (AvgIpc) is 2.64. The van der Waals surface area contributed by atoms with Crippen LogP contribution in [-0.2, 0) is 4.79 Å². The van der Waals surface area contributed by atoms with Crippen LogP contribution < -0.4 is 5.32 Å². The lowest BCUT2D eigenvalue weighted by Crippen LogP contribution is -2.41. The molecule has 0 aliphatic heterocycles. The van der Waals surface area contributed by atoms with Crippen molar-refractivity contribution in [2.75, 3.05) is 19.6 Å². The third-order valence-electron chi connectivity index (χ3n) is 4.28. The van der Waals surface area contributed by atoms with Crippen molar-refractivity contribution in [1.82, 2.24) is 10.2 Å². The molecule has 2 aromatic carbocycles. The van der Waals surface area contributed by atoms with Crippen LogP contribution in [0.25, 0.3) is 0 Å². The van der Waals surface area contributed by atoms with Crippen LogP contribution >= 0.6 is 0 Å². The smallest absolute Gasteiger partial charge is 0.242 e. The van der Waals surface area contributed by atoms with E-state index < -0.39 is 18.0 Å². The molecule has 2 unspecified atom stereocenters. The van der Waals surface area contributed by atoms with Crippen LogP contribution in [0.15, 0.2) is 54.6 Å². The standard InChI is InChI=1S/C20H25FN2O2/c1-3-23(4-2)19(15-10-6-5-7-11-15)20(25)22-14-18(24)16-12-8-9-13-17(16)21/h5-13,18-19,24H,3-4,14H2,1-2H3,(H,22,25). The molecule has 0 aromatic heterocycles. The summed E-state index contributed by atoms with van der Waals surface area (Å²) in [5.41, 5.74) is 1.07. The summed E-state index contributed by atoms with van der Waals surface area (Å²) < 4.78 is 13.7. The van der Waals surface area contributed by atoms with E-state index in [4.69, 9.17) is 0 Å². The number of nitrogens with one attached hydrogen (secondary N) is 1. The van der Waals surface area contributed by atoms with Crippen molar-refractivity contribution < 1.29 is 14.3 Å². The number of nitrogens with zero attached hydrogens (tertiary/aromatic N) is 1. The fraction of sp³-hybridized carbons (Fsp3) is 0.350. The second-order valence-corrected chi connectivity index (χ2v) is 5.82. The molecule has 0 radical (unpaired) electrons. The molecule has 0 aliphatic carbocycles. The first kappa shape index (κ1) is 19.1. The summed E-state index contributed by atoms with van der Waals surface area (Å²) in [6, 6.07) is 15.1. The van der Waals surface area contributed by atoms with E-state index in [-0.39, 0.29) is 18.0 Å². The maximum Gasteiger partial charge on any atom is 0.242 e. The molecule has 4 nitrogen and oxygen atoms in total. The number of carbonyl (C=O) groups is 1. The number of rotatable bonds is 8. The monoisotopic (exact) mass is 344 g/mol. The Labute approximate surface area is 148 Å². The van der Waals surface area contributed by atoms with Gasteiger partial charge < -0.3 is 10.4 Å². The number of hydrogen-bond donors (Lipinski definition) is 2. The number of likely N-dealkylation sites (N-methyl/N-ethyl adjacent to an activating group) is 1. The second kappa shape index (κ2) is 9.30. The van der Waals surface area contributed by atoms with Gasteiger partial charge in [-0.15, -0.1) is 0 Å². The van der Waals surface area contributed by atoms with Crippen LogP contribution in [0.2, 0.25) is 0 Å². The maximum atomic E-state index is 13.7. The van der Waals surface area contributed by atoms with Gasteiger partial charge >= 0.3 is 0 Å². The molecule has 2 aromatic rings. The molecule has 0 bridgehead atoms. The van der Waals surface area contributed by atoms with Gasteiger partial charge in [-0.3, -0.25) is 9.69 Å². The van der Waals surface area contributed by atoms with E-state index >= 15 is 0 Å². The van der Waals surface area contributed by atoms with E-state index in [1.807, 2.05) is 49.1 Å². The molecule has 0 spiro atoms. The third-order valence-corrected chi connectivity index (χ3v) is 4.28. The van der Waals surface area contributed by atoms with Gasteiger partial charge in [0.2, 0.25) is 5.91 Å². The van der Waals surface area contributed by atoms with Gasteiger partial charge in [0.1, 0.15) is 11.9 Å². The van der Waals surface area contributed by atoms with Crippen LogP contribution in [0.1, 0.15) is 37.1 Å². The summed E-state index contributed by atoms with van der Waals surface area (Å²) >= 11 is 0. The molecule has 1 amide bonds. The molecular formula is C20H25FN2O2. The molecule has 0 fully saturated rings. The van der Waals surface area contributed by atoms with E-state index in [1.54, 1.807) is 12.1 Å². The molecule has 5 heteroatoms. The molecule has 0 aliphatic rings. The molecule has 2 N–H and O–H groups in total. The number of carbonyl (C=O) groups excluding carboxylic acids is 1. The van der Waals surface area contributed by atoms with E-state index in [0.717, 1.165) is 18.7 Å². The highest BCUT2D eigenvalue weighted by Gasteiger charge is 2.26. The third kappa shape index (κ3) is 4.87. The fourth-order valence-electron chi connectivity index (χ4n) is 2.90. The van der Waals surface area contributed by atoms with E-state index in [9.17, 15) is 14.3 Å². The van der Waals surface area contributed by atoms with Crippen LogP contribution in [0.5, 0.6) is 0 Å². The first-order valence-electron chi connectivity index (χ1n) is 8.57. The largest absolute Gasteiger partial charge is 0.386 e. The number of halogens is 1. The zero-order valence-electron chi connectivity index (χ0n) is 14.7. The minimum absolute atomic E-state index is 0.0373. The number of aliphatic hydroxyl groups is 1. The van der Waals surface area contributed by atoms with Crippen LogP contribution in [0.3, 0.4) is 0 Å². The average molecular weight is 344 g/mol. The van der Waals surface area contributed by atoms with E-state index in [0.29, 0.717) is 0 Å². The number of hydrogen-bond acceptors (Lipinski definition) is 3. The topological polar surface area (TPSA) is 52.6 Å². The Bertz CT molecular complexity index is 674. The molecule has 0 saturated carbocycles. The fourth-order valence-corrected chi connectivity index (χ4v) is 2.90. The van der Waals surface area contributed by atoms with Gasteiger partial charge in [0.05, 0.1) is 6.10 Å². The molecule has 0 saturated heterocycles. The normalized spacial score (nSPS) is 13.5. The second-order valence-electron chi connectivity index (χ2n) is 5.82. The SMILES string of the molecule is CCN(CC)C(C(=O)NCC(O)c1ccccc1F)c1ccccc1. The van der Waals surface area contributed by atoms with Crippen molar-refractivity contribution in [3.8, 4) is 0 Å². The first-order valence-corrected chi connectivity index (χ1v) is 8.57. The van der Waals surface area contributed by atoms with Crippen LogP contribution in [0, 0.1) is 5.82 Å². The Morgan fingerprint density at radius 2 is 1.68 bits per heavy atom. The zero-order chi connectivity index (χ0) is 18.2. The van der Waals surface area contributed by atoms with Crippen LogP contribution in [-0.4, -0.2) is 35.5 Å². The molecule has 2 rings (SSSR count). The van der Waals surface area contributed by atoms with Crippen molar-refractivity contribution in [2.45, 2.75) is 26.0 Å². The lowest BCUT2D eigenvalue weighted by Gasteiger charge is -2.29. The van der Waals surface area contributed by atoms with Gasteiger partial charge in [-0.25, -0.2) is 4.39 Å². The Hall–Kier alpha value is -2.24. The Morgan fingerprint density at radius 3 is 2.28 bits per heavy atom. The lowest BCUT2D eigenvalue weighted by molar-refractivity contribution is -0.127. The highest BCUT2D eigenvalue weighted by atomic mass is 19.1. The molecule has 0 heterocycles. The van der Waals surface area contributed by atoms with Gasteiger partial charge in [0.25, 0.3) is 0 Å². The van der Waals surface area contributed by atoms with Gasteiger partial charge in [-0.05, 0) is 24.7 Å². The van der Waals surface area contributed by atoms with Crippen molar-refractivity contribution in [1.29, 1.82) is 0 Å². The summed E-state index contributed by atoms with van der Waals surface area (Å²) in [5, 5.41) is 12.9. The highest BCUT2D eigenvalue weighted by molar-refractivity contribution is 5.83. The highest BCUT2D eigenvalue weighted by Crippen LogP contribution is 2.21. The lowest BCUT2D eigenvalue weighted by atomic mass is 10.0. The van der Waals surface area contributed by atoms with Crippen molar-refractivity contribution in [3.05, 3.63) is 71.5 Å². The predicted molar refractivity (Wildman–Crippen MR) is 96.5 cm³/mol.